The monoisotopic (exact) mass is 336 g/mol. The number of rotatable bonds is 3. The Hall–Kier alpha value is -2.83. The number of carbonyl (C=O) groups excluding carboxylic acids is 1. The summed E-state index contributed by atoms with van der Waals surface area (Å²) in [7, 11) is 0. The van der Waals surface area contributed by atoms with E-state index in [1.54, 1.807) is 10.9 Å². The average Bonchev–Trinajstić information content (AvgIpc) is 3.05. The molecule has 1 aliphatic rings. The first-order valence-electron chi connectivity index (χ1n) is 8.55. The first kappa shape index (κ1) is 15.7. The fraction of sp³-hybridized carbons (Fsp3) is 0.389. The Kier molecular flexibility index (Phi) is 4.13. The molecular weight excluding hydrogens is 316 g/mol. The minimum Gasteiger partial charge on any atom is -0.340 e. The van der Waals surface area contributed by atoms with Crippen LogP contribution in [0.5, 0.6) is 0 Å². The molecule has 0 N–H and O–H groups in total. The number of amides is 1. The van der Waals surface area contributed by atoms with E-state index in [4.69, 9.17) is 0 Å². The van der Waals surface area contributed by atoms with Crippen LogP contribution in [0, 0.1) is 6.92 Å². The van der Waals surface area contributed by atoms with Crippen molar-refractivity contribution < 1.29 is 4.79 Å². The predicted octanol–water partition coefficient (Wildman–Crippen LogP) is 1.94. The van der Waals surface area contributed by atoms with Crippen molar-refractivity contribution in [2.75, 3.05) is 13.1 Å². The molecule has 1 amide bonds. The fourth-order valence-electron chi connectivity index (χ4n) is 3.39. The van der Waals surface area contributed by atoms with E-state index >= 15 is 0 Å². The number of benzene rings is 1. The van der Waals surface area contributed by atoms with Crippen LogP contribution >= 0.6 is 0 Å². The van der Waals surface area contributed by atoms with Gasteiger partial charge >= 0.3 is 0 Å². The number of para-hydroxylation sites is 1. The van der Waals surface area contributed by atoms with Crippen molar-refractivity contribution >= 4 is 16.9 Å². The molecule has 0 aliphatic carbocycles. The van der Waals surface area contributed by atoms with E-state index in [0.717, 1.165) is 41.8 Å². The van der Waals surface area contributed by atoms with Crippen LogP contribution in [0.15, 0.2) is 36.7 Å². The molecule has 2 aromatic heterocycles. The number of likely N-dealkylation sites (tertiary alicyclic amines) is 1. The van der Waals surface area contributed by atoms with Gasteiger partial charge in [0.25, 0.3) is 0 Å². The number of aromatic nitrogens is 5. The van der Waals surface area contributed by atoms with E-state index in [2.05, 4.69) is 20.3 Å². The zero-order valence-corrected chi connectivity index (χ0v) is 14.2. The summed E-state index contributed by atoms with van der Waals surface area (Å²) in [6.07, 6.45) is 5.58. The normalized spacial score (nSPS) is 17.8. The number of nitrogens with zero attached hydrogens (tertiary/aromatic N) is 6. The topological polar surface area (TPSA) is 76.8 Å². The summed E-state index contributed by atoms with van der Waals surface area (Å²) in [4.78, 5) is 23.5. The summed E-state index contributed by atoms with van der Waals surface area (Å²) >= 11 is 0. The lowest BCUT2D eigenvalue weighted by Gasteiger charge is -2.32. The van der Waals surface area contributed by atoms with Gasteiger partial charge in [-0.25, -0.2) is 4.68 Å². The van der Waals surface area contributed by atoms with Crippen molar-refractivity contribution in [3.8, 4) is 0 Å². The maximum absolute atomic E-state index is 12.8. The minimum atomic E-state index is 0.0703. The Morgan fingerprint density at radius 3 is 3.04 bits per heavy atom. The van der Waals surface area contributed by atoms with E-state index < -0.39 is 0 Å². The Bertz CT molecular complexity index is 905. The van der Waals surface area contributed by atoms with Crippen LogP contribution in [-0.2, 0) is 11.3 Å². The molecular formula is C18H20N6O. The van der Waals surface area contributed by atoms with Gasteiger partial charge in [-0.1, -0.05) is 17.3 Å². The first-order chi connectivity index (χ1) is 12.2. The van der Waals surface area contributed by atoms with Crippen molar-refractivity contribution in [2.24, 2.45) is 0 Å². The highest BCUT2D eigenvalue weighted by Gasteiger charge is 2.26. The minimum absolute atomic E-state index is 0.0703. The third-order valence-corrected chi connectivity index (χ3v) is 4.67. The molecule has 7 nitrogen and oxygen atoms in total. The average molecular weight is 336 g/mol. The molecule has 7 heteroatoms. The van der Waals surface area contributed by atoms with Gasteiger partial charge in [0.2, 0.25) is 5.91 Å². The fourth-order valence-corrected chi connectivity index (χ4v) is 3.39. The maximum atomic E-state index is 12.8. The summed E-state index contributed by atoms with van der Waals surface area (Å²) in [6.45, 7) is 3.62. The third kappa shape index (κ3) is 3.22. The summed E-state index contributed by atoms with van der Waals surface area (Å²) < 4.78 is 1.67. The molecule has 128 valence electrons. The van der Waals surface area contributed by atoms with Crippen LogP contribution in [0.25, 0.3) is 11.0 Å². The highest BCUT2D eigenvalue weighted by molar-refractivity contribution is 5.80. The van der Waals surface area contributed by atoms with Crippen molar-refractivity contribution in [1.82, 2.24) is 29.9 Å². The molecule has 4 rings (SSSR count). The molecule has 3 aromatic rings. The van der Waals surface area contributed by atoms with Crippen LogP contribution in [-0.4, -0.2) is 48.9 Å². The molecule has 1 atom stereocenters. The second-order valence-corrected chi connectivity index (χ2v) is 6.50. The standard InChI is InChI=1S/C18H20N6O/c1-13-9-19-10-16(20-13)14-5-4-8-23(11-14)18(25)12-24-17-7-3-2-6-15(17)21-22-24/h2-3,6-7,9-10,14H,4-5,8,11-12H2,1H3. The maximum Gasteiger partial charge on any atom is 0.244 e. The number of piperidine rings is 1. The highest BCUT2D eigenvalue weighted by Crippen LogP contribution is 2.25. The van der Waals surface area contributed by atoms with E-state index in [-0.39, 0.29) is 18.4 Å². The summed E-state index contributed by atoms with van der Waals surface area (Å²) in [5.41, 5.74) is 3.58. The van der Waals surface area contributed by atoms with Crippen LogP contribution in [0.4, 0.5) is 0 Å². The summed E-state index contributed by atoms with van der Waals surface area (Å²) in [6, 6.07) is 7.68. The number of hydrogen-bond acceptors (Lipinski definition) is 5. The lowest BCUT2D eigenvalue weighted by atomic mass is 9.95. The van der Waals surface area contributed by atoms with Gasteiger partial charge in [-0.3, -0.25) is 14.8 Å². The number of carbonyl (C=O) groups is 1. The Morgan fingerprint density at radius 1 is 1.28 bits per heavy atom. The molecule has 1 fully saturated rings. The van der Waals surface area contributed by atoms with Crippen LogP contribution in [0.2, 0.25) is 0 Å². The number of fused-ring (bicyclic) bond motifs is 1. The van der Waals surface area contributed by atoms with Crippen molar-refractivity contribution in [1.29, 1.82) is 0 Å². The van der Waals surface area contributed by atoms with Crippen LogP contribution in [0.1, 0.15) is 30.1 Å². The van der Waals surface area contributed by atoms with E-state index in [1.807, 2.05) is 42.3 Å². The Balaban J connectivity index is 1.48. The van der Waals surface area contributed by atoms with Gasteiger partial charge in [-0.05, 0) is 31.9 Å². The Morgan fingerprint density at radius 2 is 2.16 bits per heavy atom. The molecule has 1 unspecified atom stereocenters. The van der Waals surface area contributed by atoms with Gasteiger partial charge in [0.1, 0.15) is 12.1 Å². The molecule has 25 heavy (non-hydrogen) atoms. The zero-order valence-electron chi connectivity index (χ0n) is 14.2. The van der Waals surface area contributed by atoms with Gasteiger partial charge < -0.3 is 4.90 Å². The lowest BCUT2D eigenvalue weighted by molar-refractivity contribution is -0.133. The first-order valence-corrected chi connectivity index (χ1v) is 8.55. The summed E-state index contributed by atoms with van der Waals surface area (Å²) in [5, 5.41) is 8.23. The van der Waals surface area contributed by atoms with Crippen molar-refractivity contribution in [2.45, 2.75) is 32.2 Å². The van der Waals surface area contributed by atoms with E-state index in [9.17, 15) is 4.79 Å². The second kappa shape index (κ2) is 6.58. The molecule has 1 saturated heterocycles. The molecule has 0 saturated carbocycles. The molecule has 0 radical (unpaired) electrons. The van der Waals surface area contributed by atoms with E-state index in [1.165, 1.54) is 0 Å². The van der Waals surface area contributed by atoms with Gasteiger partial charge in [0, 0.05) is 31.4 Å². The van der Waals surface area contributed by atoms with Gasteiger partial charge in [0.15, 0.2) is 0 Å². The van der Waals surface area contributed by atoms with Crippen LogP contribution in [0.3, 0.4) is 0 Å². The zero-order chi connectivity index (χ0) is 17.2. The van der Waals surface area contributed by atoms with E-state index in [0.29, 0.717) is 6.54 Å². The van der Waals surface area contributed by atoms with Gasteiger partial charge in [0.05, 0.1) is 16.9 Å². The molecule has 0 bridgehead atoms. The van der Waals surface area contributed by atoms with Crippen LogP contribution < -0.4 is 0 Å². The molecule has 0 spiro atoms. The number of aryl methyl sites for hydroxylation is 1. The lowest BCUT2D eigenvalue weighted by Crippen LogP contribution is -2.41. The quantitative estimate of drug-likeness (QED) is 0.730. The summed E-state index contributed by atoms with van der Waals surface area (Å²) in [5.74, 6) is 0.318. The Labute approximate surface area is 145 Å². The highest BCUT2D eigenvalue weighted by atomic mass is 16.2. The van der Waals surface area contributed by atoms with Gasteiger partial charge in [-0.2, -0.15) is 0 Å². The van der Waals surface area contributed by atoms with Gasteiger partial charge in [-0.15, -0.1) is 5.10 Å². The van der Waals surface area contributed by atoms with Crippen molar-refractivity contribution in [3.63, 3.8) is 0 Å². The number of hydrogen-bond donors (Lipinski definition) is 0. The molecule has 1 aliphatic heterocycles. The van der Waals surface area contributed by atoms with Crippen molar-refractivity contribution in [3.05, 3.63) is 48.0 Å². The molecule has 3 heterocycles. The third-order valence-electron chi connectivity index (χ3n) is 4.67. The SMILES string of the molecule is Cc1cncc(C2CCCN(C(=O)Cn3nnc4ccccc43)C2)n1. The smallest absolute Gasteiger partial charge is 0.244 e. The predicted molar refractivity (Wildman–Crippen MR) is 92.9 cm³/mol. The molecule has 1 aromatic carbocycles. The second-order valence-electron chi connectivity index (χ2n) is 6.50. The largest absolute Gasteiger partial charge is 0.340 e.